The predicted molar refractivity (Wildman–Crippen MR) is 70.1 cm³/mol. The van der Waals surface area contributed by atoms with Crippen LogP contribution in [0.5, 0.6) is 0 Å². The third-order valence-corrected chi connectivity index (χ3v) is 3.37. The van der Waals surface area contributed by atoms with Gasteiger partial charge in [0.25, 0.3) is 0 Å². The van der Waals surface area contributed by atoms with E-state index in [9.17, 15) is 0 Å². The van der Waals surface area contributed by atoms with Crippen molar-refractivity contribution in [1.29, 1.82) is 0 Å². The van der Waals surface area contributed by atoms with Crippen LogP contribution < -0.4 is 5.32 Å². The van der Waals surface area contributed by atoms with Gasteiger partial charge in [0.2, 0.25) is 0 Å². The predicted octanol–water partition coefficient (Wildman–Crippen LogP) is 4.29. The van der Waals surface area contributed by atoms with E-state index in [1.165, 1.54) is 18.4 Å². The van der Waals surface area contributed by atoms with Gasteiger partial charge in [0, 0.05) is 16.6 Å². The summed E-state index contributed by atoms with van der Waals surface area (Å²) in [5.41, 5.74) is 1.35. The fourth-order valence-electron chi connectivity index (χ4n) is 1.73. The summed E-state index contributed by atoms with van der Waals surface area (Å²) in [4.78, 5) is 0. The molecule has 0 aromatic heterocycles. The van der Waals surface area contributed by atoms with Crippen LogP contribution in [0, 0.1) is 0 Å². The van der Waals surface area contributed by atoms with Crippen LogP contribution in [0.15, 0.2) is 28.7 Å². The summed E-state index contributed by atoms with van der Waals surface area (Å²) in [6.07, 6.45) is 2.38. The van der Waals surface area contributed by atoms with Gasteiger partial charge in [-0.2, -0.15) is 0 Å². The lowest BCUT2D eigenvalue weighted by Gasteiger charge is -2.21. The van der Waals surface area contributed by atoms with E-state index in [2.05, 4.69) is 66.3 Å². The van der Waals surface area contributed by atoms with Crippen molar-refractivity contribution < 1.29 is 0 Å². The molecule has 1 N–H and O–H groups in total. The molecule has 1 rings (SSSR count). The van der Waals surface area contributed by atoms with Crippen LogP contribution in [-0.2, 0) is 0 Å². The minimum absolute atomic E-state index is 0.433. The molecule has 1 aromatic carbocycles. The Morgan fingerprint density at radius 3 is 2.13 bits per heavy atom. The zero-order valence-electron chi connectivity index (χ0n) is 9.76. The van der Waals surface area contributed by atoms with Crippen LogP contribution >= 0.6 is 15.9 Å². The summed E-state index contributed by atoms with van der Waals surface area (Å²) in [6, 6.07) is 9.60. The summed E-state index contributed by atoms with van der Waals surface area (Å²) in [6.45, 7) is 6.69. The van der Waals surface area contributed by atoms with E-state index in [0.29, 0.717) is 12.1 Å². The number of benzene rings is 1. The third kappa shape index (κ3) is 3.96. The van der Waals surface area contributed by atoms with Gasteiger partial charge < -0.3 is 5.32 Å². The smallest absolute Gasteiger partial charge is 0.0294 e. The normalized spacial score (nSPS) is 13.1. The molecule has 1 aromatic rings. The van der Waals surface area contributed by atoms with Crippen LogP contribution in [0.3, 0.4) is 0 Å². The molecule has 1 nitrogen and oxygen atoms in total. The molecule has 84 valence electrons. The number of hydrogen-bond acceptors (Lipinski definition) is 1. The lowest BCUT2D eigenvalue weighted by atomic mass is 10.1. The number of rotatable bonds is 5. The fraction of sp³-hybridized carbons (Fsp3) is 0.538. The van der Waals surface area contributed by atoms with Gasteiger partial charge in [-0.1, -0.05) is 41.9 Å². The number of nitrogens with one attached hydrogen (secondary N) is 1. The maximum atomic E-state index is 3.64. The molecule has 0 amide bonds. The summed E-state index contributed by atoms with van der Waals surface area (Å²) in [5.74, 6) is 0. The Bertz CT molecular complexity index is 277. The van der Waals surface area contributed by atoms with Crippen LogP contribution in [0.25, 0.3) is 0 Å². The lowest BCUT2D eigenvalue weighted by molar-refractivity contribution is 0.432. The molecule has 0 bridgehead atoms. The average molecular weight is 270 g/mol. The lowest BCUT2D eigenvalue weighted by Crippen LogP contribution is -2.30. The van der Waals surface area contributed by atoms with Gasteiger partial charge in [-0.25, -0.2) is 0 Å². The first-order chi connectivity index (χ1) is 7.17. The second-order valence-electron chi connectivity index (χ2n) is 3.95. The molecule has 0 aliphatic rings. The van der Waals surface area contributed by atoms with E-state index in [4.69, 9.17) is 0 Å². The summed E-state index contributed by atoms with van der Waals surface area (Å²) in [7, 11) is 0. The molecule has 2 heteroatoms. The van der Waals surface area contributed by atoms with Gasteiger partial charge in [0.15, 0.2) is 0 Å². The molecular weight excluding hydrogens is 250 g/mol. The van der Waals surface area contributed by atoms with E-state index in [-0.39, 0.29) is 0 Å². The first-order valence-electron chi connectivity index (χ1n) is 5.68. The van der Waals surface area contributed by atoms with Crippen LogP contribution in [-0.4, -0.2) is 6.04 Å². The Morgan fingerprint density at radius 2 is 1.67 bits per heavy atom. The Hall–Kier alpha value is -0.340. The standard InChI is InChI=1S/C13H20BrN/c1-4-13(5-2)15-10(3)11-6-8-12(14)9-7-11/h6-10,13,15H,4-5H2,1-3H3/t10-/m1/s1. The second kappa shape index (κ2) is 6.29. The molecule has 0 aliphatic heterocycles. The van der Waals surface area contributed by atoms with Crippen molar-refractivity contribution in [2.45, 2.75) is 45.7 Å². The SMILES string of the molecule is CCC(CC)N[C@H](C)c1ccc(Br)cc1. The number of hydrogen-bond donors (Lipinski definition) is 1. The van der Waals surface area contributed by atoms with Crippen molar-refractivity contribution in [3.05, 3.63) is 34.3 Å². The largest absolute Gasteiger partial charge is 0.307 e. The topological polar surface area (TPSA) is 12.0 Å². The molecule has 0 spiro atoms. The highest BCUT2D eigenvalue weighted by Gasteiger charge is 2.09. The number of halogens is 1. The second-order valence-corrected chi connectivity index (χ2v) is 4.87. The molecule has 0 aliphatic carbocycles. The van der Waals surface area contributed by atoms with E-state index < -0.39 is 0 Å². The first kappa shape index (κ1) is 12.7. The fourth-order valence-corrected chi connectivity index (χ4v) is 1.99. The van der Waals surface area contributed by atoms with Crippen molar-refractivity contribution in [3.63, 3.8) is 0 Å². The highest BCUT2D eigenvalue weighted by molar-refractivity contribution is 9.10. The molecule has 0 unspecified atom stereocenters. The monoisotopic (exact) mass is 269 g/mol. The molecular formula is C13H20BrN. The molecule has 0 saturated carbocycles. The van der Waals surface area contributed by atoms with Crippen molar-refractivity contribution in [3.8, 4) is 0 Å². The Kier molecular flexibility index (Phi) is 5.34. The molecule has 0 heterocycles. The summed E-state index contributed by atoms with van der Waals surface area (Å²) < 4.78 is 1.14. The molecule has 0 fully saturated rings. The minimum Gasteiger partial charge on any atom is -0.307 e. The highest BCUT2D eigenvalue weighted by Crippen LogP contribution is 2.17. The maximum absolute atomic E-state index is 3.64. The highest BCUT2D eigenvalue weighted by atomic mass is 79.9. The zero-order valence-corrected chi connectivity index (χ0v) is 11.3. The van der Waals surface area contributed by atoms with E-state index in [0.717, 1.165) is 4.47 Å². The van der Waals surface area contributed by atoms with Gasteiger partial charge in [0.1, 0.15) is 0 Å². The van der Waals surface area contributed by atoms with Crippen LogP contribution in [0.1, 0.15) is 45.2 Å². The third-order valence-electron chi connectivity index (χ3n) is 2.84. The van der Waals surface area contributed by atoms with Gasteiger partial charge >= 0.3 is 0 Å². The van der Waals surface area contributed by atoms with Crippen LogP contribution in [0.4, 0.5) is 0 Å². The van der Waals surface area contributed by atoms with E-state index in [1.807, 2.05) is 0 Å². The van der Waals surface area contributed by atoms with E-state index in [1.54, 1.807) is 0 Å². The molecule has 0 radical (unpaired) electrons. The Balaban J connectivity index is 2.60. The summed E-state index contributed by atoms with van der Waals surface area (Å²) >= 11 is 3.45. The Morgan fingerprint density at radius 1 is 1.13 bits per heavy atom. The van der Waals surface area contributed by atoms with Crippen molar-refractivity contribution in [1.82, 2.24) is 5.32 Å². The van der Waals surface area contributed by atoms with Gasteiger partial charge in [-0.15, -0.1) is 0 Å². The van der Waals surface area contributed by atoms with Gasteiger partial charge in [-0.3, -0.25) is 0 Å². The first-order valence-corrected chi connectivity index (χ1v) is 6.48. The van der Waals surface area contributed by atoms with Crippen molar-refractivity contribution >= 4 is 15.9 Å². The maximum Gasteiger partial charge on any atom is 0.0294 e. The Labute approximate surface area is 101 Å². The van der Waals surface area contributed by atoms with Crippen LogP contribution in [0.2, 0.25) is 0 Å². The van der Waals surface area contributed by atoms with Crippen molar-refractivity contribution in [2.75, 3.05) is 0 Å². The molecule has 15 heavy (non-hydrogen) atoms. The van der Waals surface area contributed by atoms with E-state index >= 15 is 0 Å². The zero-order chi connectivity index (χ0) is 11.3. The van der Waals surface area contributed by atoms with Crippen molar-refractivity contribution in [2.24, 2.45) is 0 Å². The minimum atomic E-state index is 0.433. The molecule has 0 saturated heterocycles. The quantitative estimate of drug-likeness (QED) is 0.841. The average Bonchev–Trinajstić information content (AvgIpc) is 2.26. The molecule has 1 atom stereocenters. The summed E-state index contributed by atoms with van der Waals surface area (Å²) in [5, 5.41) is 3.64. The van der Waals surface area contributed by atoms with Gasteiger partial charge in [-0.05, 0) is 37.5 Å². The van der Waals surface area contributed by atoms with Gasteiger partial charge in [0.05, 0.1) is 0 Å².